The summed E-state index contributed by atoms with van der Waals surface area (Å²) in [4.78, 5) is 2.65. The minimum Gasteiger partial charge on any atom is -0.310 e. The number of rotatable bonds is 4. The molecule has 1 saturated carbocycles. The molecular weight excluding hydrogens is 172 g/mol. The van der Waals surface area contributed by atoms with Crippen LogP contribution in [0.25, 0.3) is 0 Å². The predicted octanol–water partition coefficient (Wildman–Crippen LogP) is 2.00. The molecule has 2 heteroatoms. The van der Waals surface area contributed by atoms with Crippen LogP contribution < -0.4 is 5.32 Å². The van der Waals surface area contributed by atoms with E-state index in [4.69, 9.17) is 0 Å². The molecule has 0 aromatic heterocycles. The average Bonchev–Trinajstić information content (AvgIpc) is 2.81. The molecule has 0 aromatic rings. The number of nitrogens with zero attached hydrogens (tertiary/aromatic N) is 1. The lowest BCUT2D eigenvalue weighted by molar-refractivity contribution is 0.146. The third-order valence-corrected chi connectivity index (χ3v) is 3.96. The lowest BCUT2D eigenvalue weighted by atomic mass is 10.0. The van der Waals surface area contributed by atoms with Crippen LogP contribution in [-0.4, -0.2) is 35.6 Å². The smallest absolute Gasteiger partial charge is 0.0209 e. The summed E-state index contributed by atoms with van der Waals surface area (Å²) in [5.74, 6) is 0. The Balaban J connectivity index is 1.80. The van der Waals surface area contributed by atoms with Crippen molar-refractivity contribution in [2.24, 2.45) is 0 Å². The summed E-state index contributed by atoms with van der Waals surface area (Å²) in [6.45, 7) is 9.57. The van der Waals surface area contributed by atoms with Crippen LogP contribution in [0.2, 0.25) is 0 Å². The molecule has 1 aliphatic carbocycles. The van der Waals surface area contributed by atoms with Crippen LogP contribution in [0, 0.1) is 0 Å². The highest BCUT2D eigenvalue weighted by molar-refractivity contribution is 4.93. The Labute approximate surface area is 88.1 Å². The van der Waals surface area contributed by atoms with Gasteiger partial charge in [0, 0.05) is 30.7 Å². The fraction of sp³-hybridized carbons (Fsp3) is 1.00. The molecule has 0 spiro atoms. The van der Waals surface area contributed by atoms with E-state index in [9.17, 15) is 0 Å². The molecule has 1 heterocycles. The first-order chi connectivity index (χ1) is 6.62. The molecule has 1 atom stereocenters. The predicted molar refractivity (Wildman–Crippen MR) is 60.5 cm³/mol. The summed E-state index contributed by atoms with van der Waals surface area (Å²) in [6.07, 6.45) is 5.42. The van der Waals surface area contributed by atoms with Crippen LogP contribution in [0.4, 0.5) is 0 Å². The van der Waals surface area contributed by atoms with Gasteiger partial charge in [-0.05, 0) is 39.5 Å². The zero-order valence-corrected chi connectivity index (χ0v) is 9.84. The Morgan fingerprint density at radius 2 is 1.93 bits per heavy atom. The molecule has 82 valence electrons. The van der Waals surface area contributed by atoms with Crippen molar-refractivity contribution in [2.45, 2.75) is 64.1 Å². The summed E-state index contributed by atoms with van der Waals surface area (Å²) in [6, 6.07) is 1.64. The van der Waals surface area contributed by atoms with Crippen LogP contribution in [-0.2, 0) is 0 Å². The standard InChI is InChI=1S/C12H24N2/c1-4-12(2,3)14-8-7-11(9-14)13-10-5-6-10/h10-11,13H,4-9H2,1-3H3. The second kappa shape index (κ2) is 3.82. The molecule has 1 saturated heterocycles. The molecule has 2 nitrogen and oxygen atoms in total. The number of nitrogens with one attached hydrogen (secondary N) is 1. The van der Waals surface area contributed by atoms with E-state index in [0.29, 0.717) is 5.54 Å². The van der Waals surface area contributed by atoms with Crippen molar-refractivity contribution in [2.75, 3.05) is 13.1 Å². The highest BCUT2D eigenvalue weighted by atomic mass is 15.2. The quantitative estimate of drug-likeness (QED) is 0.740. The Bertz CT molecular complexity index is 196. The maximum Gasteiger partial charge on any atom is 0.0209 e. The molecule has 0 bridgehead atoms. The fourth-order valence-corrected chi connectivity index (χ4v) is 2.25. The van der Waals surface area contributed by atoms with Gasteiger partial charge in [0.15, 0.2) is 0 Å². The average molecular weight is 196 g/mol. The third kappa shape index (κ3) is 2.29. The molecule has 2 rings (SSSR count). The lowest BCUT2D eigenvalue weighted by Crippen LogP contribution is -2.44. The van der Waals surface area contributed by atoms with Gasteiger partial charge in [-0.15, -0.1) is 0 Å². The highest BCUT2D eigenvalue weighted by Crippen LogP contribution is 2.26. The molecule has 0 aromatic carbocycles. The summed E-state index contributed by atoms with van der Waals surface area (Å²) in [5.41, 5.74) is 0.403. The van der Waals surface area contributed by atoms with Crippen molar-refractivity contribution in [3.05, 3.63) is 0 Å². The minimum absolute atomic E-state index is 0.403. The van der Waals surface area contributed by atoms with Crippen LogP contribution in [0.3, 0.4) is 0 Å². The largest absolute Gasteiger partial charge is 0.310 e. The van der Waals surface area contributed by atoms with Gasteiger partial charge in [0.25, 0.3) is 0 Å². The molecule has 14 heavy (non-hydrogen) atoms. The number of hydrogen-bond donors (Lipinski definition) is 1. The molecule has 1 aliphatic heterocycles. The van der Waals surface area contributed by atoms with Crippen LogP contribution in [0.1, 0.15) is 46.5 Å². The SMILES string of the molecule is CCC(C)(C)N1CCC(NC2CC2)C1. The summed E-state index contributed by atoms with van der Waals surface area (Å²) < 4.78 is 0. The Hall–Kier alpha value is -0.0800. The van der Waals surface area contributed by atoms with Crippen molar-refractivity contribution in [3.8, 4) is 0 Å². The van der Waals surface area contributed by atoms with Crippen molar-refractivity contribution >= 4 is 0 Å². The maximum atomic E-state index is 3.74. The van der Waals surface area contributed by atoms with Gasteiger partial charge in [-0.2, -0.15) is 0 Å². The summed E-state index contributed by atoms with van der Waals surface area (Å²) >= 11 is 0. The topological polar surface area (TPSA) is 15.3 Å². The Morgan fingerprint density at radius 3 is 2.50 bits per heavy atom. The van der Waals surface area contributed by atoms with Crippen molar-refractivity contribution in [1.29, 1.82) is 0 Å². The van der Waals surface area contributed by atoms with Gasteiger partial charge < -0.3 is 5.32 Å². The van der Waals surface area contributed by atoms with E-state index in [-0.39, 0.29) is 0 Å². The normalized spacial score (nSPS) is 29.8. The second-order valence-electron chi connectivity index (χ2n) is 5.54. The van der Waals surface area contributed by atoms with Gasteiger partial charge in [0.1, 0.15) is 0 Å². The molecule has 1 unspecified atom stereocenters. The van der Waals surface area contributed by atoms with Crippen molar-refractivity contribution in [3.63, 3.8) is 0 Å². The minimum atomic E-state index is 0.403. The maximum absolute atomic E-state index is 3.74. The monoisotopic (exact) mass is 196 g/mol. The van der Waals surface area contributed by atoms with Gasteiger partial charge in [0.05, 0.1) is 0 Å². The zero-order valence-electron chi connectivity index (χ0n) is 9.84. The van der Waals surface area contributed by atoms with Gasteiger partial charge in [-0.25, -0.2) is 0 Å². The highest BCUT2D eigenvalue weighted by Gasteiger charge is 2.34. The van der Waals surface area contributed by atoms with Gasteiger partial charge in [-0.1, -0.05) is 6.92 Å². The van der Waals surface area contributed by atoms with E-state index in [1.54, 1.807) is 0 Å². The lowest BCUT2D eigenvalue weighted by Gasteiger charge is -2.34. The van der Waals surface area contributed by atoms with Crippen LogP contribution in [0.15, 0.2) is 0 Å². The van der Waals surface area contributed by atoms with E-state index < -0.39 is 0 Å². The first-order valence-corrected chi connectivity index (χ1v) is 6.13. The van der Waals surface area contributed by atoms with Crippen molar-refractivity contribution < 1.29 is 0 Å². The van der Waals surface area contributed by atoms with E-state index >= 15 is 0 Å². The van der Waals surface area contributed by atoms with Gasteiger partial charge >= 0.3 is 0 Å². The number of hydrogen-bond acceptors (Lipinski definition) is 2. The second-order valence-corrected chi connectivity index (χ2v) is 5.54. The van der Waals surface area contributed by atoms with E-state index in [1.165, 1.54) is 38.8 Å². The molecule has 0 radical (unpaired) electrons. The van der Waals surface area contributed by atoms with Crippen molar-refractivity contribution in [1.82, 2.24) is 10.2 Å². The molecular formula is C12H24N2. The van der Waals surface area contributed by atoms with Gasteiger partial charge in [0.2, 0.25) is 0 Å². The zero-order chi connectivity index (χ0) is 10.2. The molecule has 2 aliphatic rings. The van der Waals surface area contributed by atoms with E-state index in [2.05, 4.69) is 31.0 Å². The van der Waals surface area contributed by atoms with E-state index in [1.807, 2.05) is 0 Å². The van der Waals surface area contributed by atoms with E-state index in [0.717, 1.165) is 12.1 Å². The number of likely N-dealkylation sites (tertiary alicyclic amines) is 1. The first kappa shape index (κ1) is 10.4. The molecule has 0 amide bonds. The fourth-order valence-electron chi connectivity index (χ4n) is 2.25. The Kier molecular flexibility index (Phi) is 2.85. The molecule has 1 N–H and O–H groups in total. The van der Waals surface area contributed by atoms with Crippen LogP contribution >= 0.6 is 0 Å². The first-order valence-electron chi connectivity index (χ1n) is 6.13. The summed E-state index contributed by atoms with van der Waals surface area (Å²) in [7, 11) is 0. The van der Waals surface area contributed by atoms with Gasteiger partial charge in [-0.3, -0.25) is 4.90 Å². The van der Waals surface area contributed by atoms with Crippen LogP contribution in [0.5, 0.6) is 0 Å². The molecule has 2 fully saturated rings. The summed E-state index contributed by atoms with van der Waals surface area (Å²) in [5, 5.41) is 3.74. The third-order valence-electron chi connectivity index (χ3n) is 3.96. The Morgan fingerprint density at radius 1 is 1.21 bits per heavy atom.